The molecule has 102 valence electrons. The van der Waals surface area contributed by atoms with Crippen LogP contribution in [0.5, 0.6) is 0 Å². The van der Waals surface area contributed by atoms with Gasteiger partial charge < -0.3 is 10.5 Å². The minimum absolute atomic E-state index is 0.0613. The normalized spacial score (nSPS) is 11.7. The molecule has 0 amide bonds. The quantitative estimate of drug-likeness (QED) is 0.614. The average molecular weight is 297 g/mol. The third-order valence-corrected chi connectivity index (χ3v) is 3.82. The van der Waals surface area contributed by atoms with E-state index in [2.05, 4.69) is 4.72 Å². The Morgan fingerprint density at radius 2 is 2.17 bits per heavy atom. The molecule has 0 aliphatic carbocycles. The number of benzene rings is 1. The number of methoxy groups -OCH3 is 1. The number of nitrogens with two attached hydrogens (primary N) is 1. The zero-order valence-electron chi connectivity index (χ0n) is 9.74. The molecule has 8 heteroatoms. The summed E-state index contributed by atoms with van der Waals surface area (Å²) in [6.45, 7) is 0.546. The Hall–Kier alpha value is -0.890. The SMILES string of the molecule is COCCCNS(=O)(=O)c1cc(Cl)cc(N)c1F. The second kappa shape index (κ2) is 6.33. The van der Waals surface area contributed by atoms with E-state index in [0.29, 0.717) is 13.0 Å². The monoisotopic (exact) mass is 296 g/mol. The Morgan fingerprint density at radius 3 is 2.78 bits per heavy atom. The molecule has 0 radical (unpaired) electrons. The van der Waals surface area contributed by atoms with Crippen LogP contribution in [0, 0.1) is 5.82 Å². The number of hydrogen-bond acceptors (Lipinski definition) is 4. The van der Waals surface area contributed by atoms with Gasteiger partial charge in [0.15, 0.2) is 5.82 Å². The molecule has 3 N–H and O–H groups in total. The zero-order chi connectivity index (χ0) is 13.8. The highest BCUT2D eigenvalue weighted by Crippen LogP contribution is 2.24. The molecule has 0 heterocycles. The van der Waals surface area contributed by atoms with E-state index in [-0.39, 0.29) is 17.3 Å². The average Bonchev–Trinajstić information content (AvgIpc) is 2.29. The fourth-order valence-electron chi connectivity index (χ4n) is 1.28. The number of nitrogen functional groups attached to an aromatic ring is 1. The maximum atomic E-state index is 13.6. The van der Waals surface area contributed by atoms with E-state index in [4.69, 9.17) is 22.1 Å². The Labute approximate surface area is 110 Å². The summed E-state index contributed by atoms with van der Waals surface area (Å²) in [5.74, 6) is -1.00. The molecule has 0 bridgehead atoms. The van der Waals surface area contributed by atoms with Crippen LogP contribution >= 0.6 is 11.6 Å². The molecule has 0 atom stereocenters. The predicted molar refractivity (Wildman–Crippen MR) is 67.5 cm³/mol. The lowest BCUT2D eigenvalue weighted by molar-refractivity contribution is 0.196. The highest BCUT2D eigenvalue weighted by Gasteiger charge is 2.21. The van der Waals surface area contributed by atoms with Crippen LogP contribution in [-0.4, -0.2) is 28.7 Å². The summed E-state index contributed by atoms with van der Waals surface area (Å²) in [4.78, 5) is -0.551. The second-order valence-electron chi connectivity index (χ2n) is 3.55. The number of rotatable bonds is 6. The summed E-state index contributed by atoms with van der Waals surface area (Å²) in [6, 6.07) is 2.17. The summed E-state index contributed by atoms with van der Waals surface area (Å²) in [5.41, 5.74) is 5.02. The number of anilines is 1. The minimum Gasteiger partial charge on any atom is -0.396 e. The van der Waals surface area contributed by atoms with Crippen LogP contribution < -0.4 is 10.5 Å². The van der Waals surface area contributed by atoms with E-state index < -0.39 is 20.7 Å². The molecule has 5 nitrogen and oxygen atoms in total. The number of halogens is 2. The molecule has 18 heavy (non-hydrogen) atoms. The summed E-state index contributed by atoms with van der Waals surface area (Å²) < 4.78 is 44.3. The van der Waals surface area contributed by atoms with Gasteiger partial charge in [-0.25, -0.2) is 17.5 Å². The van der Waals surface area contributed by atoms with Crippen LogP contribution in [0.1, 0.15) is 6.42 Å². The summed E-state index contributed by atoms with van der Waals surface area (Å²) in [6.07, 6.45) is 0.480. The summed E-state index contributed by atoms with van der Waals surface area (Å²) in [7, 11) is -2.46. The maximum absolute atomic E-state index is 13.6. The first-order valence-electron chi connectivity index (χ1n) is 5.11. The van der Waals surface area contributed by atoms with Gasteiger partial charge in [0, 0.05) is 25.3 Å². The molecule has 0 saturated heterocycles. The van der Waals surface area contributed by atoms with Crippen molar-refractivity contribution in [1.82, 2.24) is 4.72 Å². The van der Waals surface area contributed by atoms with Gasteiger partial charge in [0.05, 0.1) is 5.69 Å². The van der Waals surface area contributed by atoms with Gasteiger partial charge in [-0.3, -0.25) is 0 Å². The van der Waals surface area contributed by atoms with E-state index >= 15 is 0 Å². The number of nitrogens with one attached hydrogen (secondary N) is 1. The van der Waals surface area contributed by atoms with Crippen molar-refractivity contribution in [3.8, 4) is 0 Å². The predicted octanol–water partition coefficient (Wildman–Crippen LogP) is 1.38. The Bertz CT molecular complexity index is 522. The van der Waals surface area contributed by atoms with Gasteiger partial charge in [0.2, 0.25) is 10.0 Å². The van der Waals surface area contributed by atoms with E-state index in [9.17, 15) is 12.8 Å². The van der Waals surface area contributed by atoms with Crippen molar-refractivity contribution in [2.45, 2.75) is 11.3 Å². The highest BCUT2D eigenvalue weighted by atomic mass is 35.5. The van der Waals surface area contributed by atoms with Gasteiger partial charge in [0.25, 0.3) is 0 Å². The van der Waals surface area contributed by atoms with Crippen LogP contribution in [0.4, 0.5) is 10.1 Å². The van der Waals surface area contributed by atoms with Crippen molar-refractivity contribution >= 4 is 27.3 Å². The molecule has 0 spiro atoms. The molecular weight excluding hydrogens is 283 g/mol. The van der Waals surface area contributed by atoms with Gasteiger partial charge in [-0.05, 0) is 18.6 Å². The molecule has 1 aromatic rings. The van der Waals surface area contributed by atoms with E-state index in [1.54, 1.807) is 0 Å². The molecule has 0 aliphatic rings. The lowest BCUT2D eigenvalue weighted by Crippen LogP contribution is -2.26. The van der Waals surface area contributed by atoms with Crippen LogP contribution in [0.2, 0.25) is 5.02 Å². The fraction of sp³-hybridized carbons (Fsp3) is 0.400. The van der Waals surface area contributed by atoms with Gasteiger partial charge in [-0.2, -0.15) is 0 Å². The zero-order valence-corrected chi connectivity index (χ0v) is 11.3. The van der Waals surface area contributed by atoms with Crippen molar-refractivity contribution in [2.75, 3.05) is 26.0 Å². The Kier molecular flexibility index (Phi) is 5.33. The number of sulfonamides is 1. The van der Waals surface area contributed by atoms with Gasteiger partial charge >= 0.3 is 0 Å². The van der Waals surface area contributed by atoms with Crippen molar-refractivity contribution in [3.05, 3.63) is 23.0 Å². The maximum Gasteiger partial charge on any atom is 0.243 e. The highest BCUT2D eigenvalue weighted by molar-refractivity contribution is 7.89. The van der Waals surface area contributed by atoms with Gasteiger partial charge in [-0.1, -0.05) is 11.6 Å². The summed E-state index contributed by atoms with van der Waals surface area (Å²) in [5, 5.41) is 0.0613. The molecule has 0 aliphatic heterocycles. The standard InChI is InChI=1S/C10H14ClFN2O3S/c1-17-4-2-3-14-18(15,16)9-6-7(11)5-8(13)10(9)12/h5-6,14H,2-4,13H2,1H3. The second-order valence-corrected chi connectivity index (χ2v) is 5.72. The number of ether oxygens (including phenoxy) is 1. The molecule has 0 saturated carbocycles. The molecule has 0 unspecified atom stereocenters. The van der Waals surface area contributed by atoms with Gasteiger partial charge in [-0.15, -0.1) is 0 Å². The third-order valence-electron chi connectivity index (χ3n) is 2.14. The van der Waals surface area contributed by atoms with Crippen molar-refractivity contribution in [2.24, 2.45) is 0 Å². The first-order chi connectivity index (χ1) is 8.38. The van der Waals surface area contributed by atoms with E-state index in [1.807, 2.05) is 0 Å². The first kappa shape index (κ1) is 15.2. The third kappa shape index (κ3) is 3.81. The molecule has 0 fully saturated rings. The lowest BCUT2D eigenvalue weighted by Gasteiger charge is -2.09. The summed E-state index contributed by atoms with van der Waals surface area (Å²) >= 11 is 5.65. The smallest absolute Gasteiger partial charge is 0.243 e. The Balaban J connectivity index is 2.91. The number of hydrogen-bond donors (Lipinski definition) is 2. The van der Waals surface area contributed by atoms with Crippen LogP contribution in [0.25, 0.3) is 0 Å². The van der Waals surface area contributed by atoms with Crippen LogP contribution in [0.15, 0.2) is 17.0 Å². The van der Waals surface area contributed by atoms with Gasteiger partial charge in [0.1, 0.15) is 4.90 Å². The molecular formula is C10H14ClFN2O3S. The van der Waals surface area contributed by atoms with Crippen LogP contribution in [-0.2, 0) is 14.8 Å². The topological polar surface area (TPSA) is 81.4 Å². The first-order valence-corrected chi connectivity index (χ1v) is 6.97. The van der Waals surface area contributed by atoms with Crippen molar-refractivity contribution < 1.29 is 17.5 Å². The Morgan fingerprint density at radius 1 is 1.50 bits per heavy atom. The van der Waals surface area contributed by atoms with Crippen LogP contribution in [0.3, 0.4) is 0 Å². The fourth-order valence-corrected chi connectivity index (χ4v) is 2.78. The van der Waals surface area contributed by atoms with E-state index in [1.165, 1.54) is 7.11 Å². The van der Waals surface area contributed by atoms with Crippen molar-refractivity contribution in [3.63, 3.8) is 0 Å². The van der Waals surface area contributed by atoms with E-state index in [0.717, 1.165) is 12.1 Å². The lowest BCUT2D eigenvalue weighted by atomic mass is 10.3. The minimum atomic E-state index is -3.96. The van der Waals surface area contributed by atoms with Crippen molar-refractivity contribution in [1.29, 1.82) is 0 Å². The largest absolute Gasteiger partial charge is 0.396 e. The molecule has 1 aromatic carbocycles. The molecule has 0 aromatic heterocycles. The molecule has 1 rings (SSSR count).